The molecule has 0 saturated heterocycles. The molecule has 0 bridgehead atoms. The third-order valence-corrected chi connectivity index (χ3v) is 3.99. The molecule has 2 unspecified atom stereocenters. The van der Waals surface area contributed by atoms with Crippen molar-refractivity contribution < 1.29 is 5.11 Å². The Balaban J connectivity index is 1.79. The van der Waals surface area contributed by atoms with Crippen LogP contribution in [0.1, 0.15) is 38.3 Å². The summed E-state index contributed by atoms with van der Waals surface area (Å²) in [6.45, 7) is 5.21. The highest BCUT2D eigenvalue weighted by molar-refractivity contribution is 5.03. The molecular weight excluding hydrogens is 224 g/mol. The van der Waals surface area contributed by atoms with Crippen molar-refractivity contribution in [2.75, 3.05) is 13.1 Å². The van der Waals surface area contributed by atoms with Crippen LogP contribution in [-0.2, 0) is 6.54 Å². The van der Waals surface area contributed by atoms with Gasteiger partial charge in [-0.3, -0.25) is 9.88 Å². The minimum Gasteiger partial charge on any atom is -0.393 e. The molecule has 1 N–H and O–H groups in total. The molecule has 2 atom stereocenters. The molecule has 1 aliphatic carbocycles. The number of hydrogen-bond donors (Lipinski definition) is 1. The summed E-state index contributed by atoms with van der Waals surface area (Å²) in [6.07, 6.45) is 6.29. The summed E-state index contributed by atoms with van der Waals surface area (Å²) in [5.74, 6) is 0.516. The summed E-state index contributed by atoms with van der Waals surface area (Å²) in [5, 5.41) is 9.83. The van der Waals surface area contributed by atoms with Crippen LogP contribution in [0, 0.1) is 5.92 Å². The van der Waals surface area contributed by atoms with Gasteiger partial charge in [0.15, 0.2) is 0 Å². The van der Waals surface area contributed by atoms with E-state index >= 15 is 0 Å². The first-order valence-electron chi connectivity index (χ1n) is 7.10. The number of nitrogens with zero attached hydrogens (tertiary/aromatic N) is 2. The van der Waals surface area contributed by atoms with Gasteiger partial charge in [-0.1, -0.05) is 19.4 Å². The monoisotopic (exact) mass is 248 g/mol. The first-order chi connectivity index (χ1) is 8.79. The lowest BCUT2D eigenvalue weighted by molar-refractivity contribution is 0.117. The van der Waals surface area contributed by atoms with Crippen LogP contribution in [0.15, 0.2) is 24.4 Å². The van der Waals surface area contributed by atoms with Crippen molar-refractivity contribution in [3.63, 3.8) is 0 Å². The van der Waals surface area contributed by atoms with Crippen LogP contribution in [0.5, 0.6) is 0 Å². The van der Waals surface area contributed by atoms with Gasteiger partial charge in [0.25, 0.3) is 0 Å². The maximum atomic E-state index is 9.83. The molecule has 0 amide bonds. The molecule has 18 heavy (non-hydrogen) atoms. The highest BCUT2D eigenvalue weighted by atomic mass is 16.3. The molecule has 1 aromatic heterocycles. The lowest BCUT2D eigenvalue weighted by Crippen LogP contribution is -2.27. The van der Waals surface area contributed by atoms with Crippen LogP contribution in [0.25, 0.3) is 0 Å². The van der Waals surface area contributed by atoms with Gasteiger partial charge >= 0.3 is 0 Å². The molecule has 3 heteroatoms. The van der Waals surface area contributed by atoms with E-state index in [-0.39, 0.29) is 6.10 Å². The standard InChI is InChI=1S/C15H24N2O/c1-2-17(12-14-7-3-4-10-16-14)11-9-13-6-5-8-15(13)18/h3-4,7,10,13,15,18H,2,5-6,8-9,11-12H2,1H3. The second-order valence-corrected chi connectivity index (χ2v) is 5.24. The topological polar surface area (TPSA) is 36.4 Å². The van der Waals surface area contributed by atoms with Crippen molar-refractivity contribution in [3.8, 4) is 0 Å². The summed E-state index contributed by atoms with van der Waals surface area (Å²) >= 11 is 0. The number of aliphatic hydroxyl groups excluding tert-OH is 1. The van der Waals surface area contributed by atoms with E-state index < -0.39 is 0 Å². The summed E-state index contributed by atoms with van der Waals surface area (Å²) < 4.78 is 0. The third-order valence-electron chi connectivity index (χ3n) is 3.99. The third kappa shape index (κ3) is 3.79. The normalized spacial score (nSPS) is 23.7. The first kappa shape index (κ1) is 13.5. The van der Waals surface area contributed by atoms with Crippen LogP contribution in [0.2, 0.25) is 0 Å². The quantitative estimate of drug-likeness (QED) is 0.840. The Morgan fingerprint density at radius 1 is 1.39 bits per heavy atom. The Bertz CT molecular complexity index is 342. The molecular formula is C15H24N2O. The lowest BCUT2D eigenvalue weighted by Gasteiger charge is -2.23. The predicted octanol–water partition coefficient (Wildman–Crippen LogP) is 2.45. The van der Waals surface area contributed by atoms with Gasteiger partial charge in [0, 0.05) is 12.7 Å². The van der Waals surface area contributed by atoms with Crippen molar-refractivity contribution in [2.45, 2.75) is 45.3 Å². The predicted molar refractivity (Wildman–Crippen MR) is 73.2 cm³/mol. The van der Waals surface area contributed by atoms with Gasteiger partial charge in [0.1, 0.15) is 0 Å². The van der Waals surface area contributed by atoms with Gasteiger partial charge < -0.3 is 5.11 Å². The van der Waals surface area contributed by atoms with Crippen LogP contribution in [0.3, 0.4) is 0 Å². The maximum Gasteiger partial charge on any atom is 0.0568 e. The van der Waals surface area contributed by atoms with E-state index in [0.29, 0.717) is 5.92 Å². The number of hydrogen-bond acceptors (Lipinski definition) is 3. The van der Waals surface area contributed by atoms with Gasteiger partial charge in [-0.15, -0.1) is 0 Å². The molecule has 1 saturated carbocycles. The molecule has 1 aliphatic rings. The second kappa shape index (κ2) is 6.86. The zero-order valence-corrected chi connectivity index (χ0v) is 11.3. The molecule has 0 aliphatic heterocycles. The van der Waals surface area contributed by atoms with E-state index in [9.17, 15) is 5.11 Å². The Morgan fingerprint density at radius 2 is 2.28 bits per heavy atom. The molecule has 1 heterocycles. The number of pyridine rings is 1. The molecule has 1 aromatic rings. The van der Waals surface area contributed by atoms with E-state index in [0.717, 1.165) is 38.2 Å². The summed E-state index contributed by atoms with van der Waals surface area (Å²) in [5.41, 5.74) is 1.13. The van der Waals surface area contributed by atoms with Gasteiger partial charge in [-0.2, -0.15) is 0 Å². The fourth-order valence-corrected chi connectivity index (χ4v) is 2.77. The van der Waals surface area contributed by atoms with Gasteiger partial charge in [-0.25, -0.2) is 0 Å². The fraction of sp³-hybridized carbons (Fsp3) is 0.667. The first-order valence-corrected chi connectivity index (χ1v) is 7.10. The number of rotatable bonds is 6. The molecule has 2 rings (SSSR count). The average molecular weight is 248 g/mol. The van der Waals surface area contributed by atoms with Crippen LogP contribution >= 0.6 is 0 Å². The summed E-state index contributed by atoms with van der Waals surface area (Å²) in [4.78, 5) is 6.78. The fourth-order valence-electron chi connectivity index (χ4n) is 2.77. The van der Waals surface area contributed by atoms with E-state index in [1.165, 1.54) is 12.8 Å². The SMILES string of the molecule is CCN(CCC1CCCC1O)Cc1ccccn1. The van der Waals surface area contributed by atoms with Crippen molar-refractivity contribution >= 4 is 0 Å². The molecule has 0 radical (unpaired) electrons. The highest BCUT2D eigenvalue weighted by Gasteiger charge is 2.25. The average Bonchev–Trinajstić information content (AvgIpc) is 2.81. The van der Waals surface area contributed by atoms with Crippen molar-refractivity contribution in [2.24, 2.45) is 5.92 Å². The van der Waals surface area contributed by atoms with Gasteiger partial charge in [-0.05, 0) is 50.4 Å². The Hall–Kier alpha value is -0.930. The van der Waals surface area contributed by atoms with E-state index in [1.54, 1.807) is 0 Å². The molecule has 1 fully saturated rings. The lowest BCUT2D eigenvalue weighted by atomic mass is 10.0. The molecule has 0 spiro atoms. The van der Waals surface area contributed by atoms with Gasteiger partial charge in [0.2, 0.25) is 0 Å². The van der Waals surface area contributed by atoms with Crippen molar-refractivity contribution in [1.29, 1.82) is 0 Å². The summed E-state index contributed by atoms with van der Waals surface area (Å²) in [7, 11) is 0. The van der Waals surface area contributed by atoms with E-state index in [1.807, 2.05) is 18.3 Å². The molecule has 0 aromatic carbocycles. The maximum absolute atomic E-state index is 9.83. The Morgan fingerprint density at radius 3 is 2.89 bits per heavy atom. The minimum absolute atomic E-state index is 0.0569. The number of aliphatic hydroxyl groups is 1. The Kier molecular flexibility index (Phi) is 5.14. The zero-order chi connectivity index (χ0) is 12.8. The van der Waals surface area contributed by atoms with Crippen LogP contribution < -0.4 is 0 Å². The second-order valence-electron chi connectivity index (χ2n) is 5.24. The minimum atomic E-state index is -0.0569. The van der Waals surface area contributed by atoms with Crippen LogP contribution in [-0.4, -0.2) is 34.2 Å². The van der Waals surface area contributed by atoms with Crippen molar-refractivity contribution in [1.82, 2.24) is 9.88 Å². The number of aromatic nitrogens is 1. The Labute approximate surface area is 110 Å². The smallest absolute Gasteiger partial charge is 0.0568 e. The molecule has 100 valence electrons. The molecule has 3 nitrogen and oxygen atoms in total. The van der Waals surface area contributed by atoms with Gasteiger partial charge in [0.05, 0.1) is 11.8 Å². The largest absolute Gasteiger partial charge is 0.393 e. The van der Waals surface area contributed by atoms with Crippen LogP contribution in [0.4, 0.5) is 0 Å². The van der Waals surface area contributed by atoms with E-state index in [4.69, 9.17) is 0 Å². The summed E-state index contributed by atoms with van der Waals surface area (Å²) in [6, 6.07) is 6.07. The van der Waals surface area contributed by atoms with E-state index in [2.05, 4.69) is 22.9 Å². The van der Waals surface area contributed by atoms with Crippen molar-refractivity contribution in [3.05, 3.63) is 30.1 Å². The zero-order valence-electron chi connectivity index (χ0n) is 11.3. The highest BCUT2D eigenvalue weighted by Crippen LogP contribution is 2.28.